The van der Waals surface area contributed by atoms with Crippen LogP contribution in [0.3, 0.4) is 0 Å². The third kappa shape index (κ3) is 4.86. The van der Waals surface area contributed by atoms with Gasteiger partial charge in [-0.2, -0.15) is 0 Å². The van der Waals surface area contributed by atoms with Crippen LogP contribution in [-0.2, 0) is 11.3 Å². The molecule has 1 aliphatic rings. The van der Waals surface area contributed by atoms with Crippen molar-refractivity contribution >= 4 is 5.91 Å². The lowest BCUT2D eigenvalue weighted by Crippen LogP contribution is -2.39. The highest BCUT2D eigenvalue weighted by Gasteiger charge is 2.26. The van der Waals surface area contributed by atoms with Crippen molar-refractivity contribution in [1.29, 1.82) is 0 Å². The fourth-order valence-electron chi connectivity index (χ4n) is 2.68. The zero-order valence-electron chi connectivity index (χ0n) is 13.3. The number of likely N-dealkylation sites (tertiary alicyclic amines) is 1. The summed E-state index contributed by atoms with van der Waals surface area (Å²) in [6.45, 7) is 6.32. The highest BCUT2D eigenvalue weighted by Crippen LogP contribution is 2.21. The van der Waals surface area contributed by atoms with Gasteiger partial charge in [0.1, 0.15) is 11.5 Å². The molecule has 2 heterocycles. The molecule has 5 nitrogen and oxygen atoms in total. The fraction of sp³-hybridized carbons (Fsp3) is 0.688. The molecule has 21 heavy (non-hydrogen) atoms. The van der Waals surface area contributed by atoms with Gasteiger partial charge in [0.2, 0.25) is 5.91 Å². The summed E-state index contributed by atoms with van der Waals surface area (Å²) in [5.41, 5.74) is -0.588. The normalized spacial score (nSPS) is 23.8. The number of carbonyl (C=O) groups is 1. The number of furan rings is 1. The second-order valence-electron chi connectivity index (χ2n) is 6.39. The lowest BCUT2D eigenvalue weighted by Gasteiger charge is -2.24. The Morgan fingerprint density at radius 3 is 2.86 bits per heavy atom. The minimum atomic E-state index is -0.588. The summed E-state index contributed by atoms with van der Waals surface area (Å²) in [5, 5.41) is 10.1. The van der Waals surface area contributed by atoms with Gasteiger partial charge in [0.15, 0.2) is 0 Å². The van der Waals surface area contributed by atoms with Crippen molar-refractivity contribution in [2.75, 3.05) is 26.7 Å². The maximum Gasteiger partial charge on any atom is 0.236 e. The third-order valence-electron chi connectivity index (χ3n) is 4.13. The lowest BCUT2D eigenvalue weighted by molar-refractivity contribution is -0.131. The van der Waals surface area contributed by atoms with Crippen molar-refractivity contribution in [2.45, 2.75) is 45.3 Å². The molecule has 5 heteroatoms. The van der Waals surface area contributed by atoms with E-state index in [0.29, 0.717) is 13.1 Å². The summed E-state index contributed by atoms with van der Waals surface area (Å²) in [6.07, 6.45) is 2.46. The van der Waals surface area contributed by atoms with Gasteiger partial charge in [0.25, 0.3) is 0 Å². The van der Waals surface area contributed by atoms with Crippen LogP contribution in [0.1, 0.15) is 37.7 Å². The van der Waals surface area contributed by atoms with E-state index in [-0.39, 0.29) is 5.91 Å². The lowest BCUT2D eigenvalue weighted by atomic mass is 9.98. The van der Waals surface area contributed by atoms with Gasteiger partial charge < -0.3 is 14.4 Å². The van der Waals surface area contributed by atoms with Crippen LogP contribution in [0.2, 0.25) is 0 Å². The predicted octanol–water partition coefficient (Wildman–Crippen LogP) is 1.78. The van der Waals surface area contributed by atoms with Crippen molar-refractivity contribution in [3.63, 3.8) is 0 Å². The van der Waals surface area contributed by atoms with Gasteiger partial charge in [-0.15, -0.1) is 0 Å². The standard InChI is InChI=1S/C16H26N2O3/c1-13-5-6-14(21-13)11-17(3)15(19)12-18-9-4-7-16(2,20)8-10-18/h5-6,20H,4,7-12H2,1-3H3. The molecule has 1 saturated heterocycles. The molecule has 1 unspecified atom stereocenters. The number of nitrogens with zero attached hydrogens (tertiary/aromatic N) is 2. The summed E-state index contributed by atoms with van der Waals surface area (Å²) >= 11 is 0. The Morgan fingerprint density at radius 2 is 2.19 bits per heavy atom. The number of hydrogen-bond acceptors (Lipinski definition) is 4. The van der Waals surface area contributed by atoms with Gasteiger partial charge in [0.05, 0.1) is 18.7 Å². The van der Waals surface area contributed by atoms with Crippen LogP contribution < -0.4 is 0 Å². The molecular formula is C16H26N2O3. The highest BCUT2D eigenvalue weighted by atomic mass is 16.3. The topological polar surface area (TPSA) is 56.9 Å². The Morgan fingerprint density at radius 1 is 1.43 bits per heavy atom. The number of hydrogen-bond donors (Lipinski definition) is 1. The molecule has 118 valence electrons. The minimum absolute atomic E-state index is 0.0885. The molecule has 1 amide bonds. The quantitative estimate of drug-likeness (QED) is 0.919. The van der Waals surface area contributed by atoms with Crippen LogP contribution in [0, 0.1) is 6.92 Å². The maximum atomic E-state index is 12.3. The van der Waals surface area contributed by atoms with E-state index >= 15 is 0 Å². The number of aryl methyl sites for hydroxylation is 1. The first-order valence-electron chi connectivity index (χ1n) is 7.60. The molecule has 1 N–H and O–H groups in total. The maximum absolute atomic E-state index is 12.3. The fourth-order valence-corrected chi connectivity index (χ4v) is 2.68. The van der Waals surface area contributed by atoms with Crippen molar-refractivity contribution in [1.82, 2.24) is 9.80 Å². The second-order valence-corrected chi connectivity index (χ2v) is 6.39. The molecule has 1 aromatic rings. The van der Waals surface area contributed by atoms with Crippen LogP contribution in [0.5, 0.6) is 0 Å². The third-order valence-corrected chi connectivity index (χ3v) is 4.13. The Bertz CT molecular complexity index is 482. The van der Waals surface area contributed by atoms with Gasteiger partial charge in [-0.1, -0.05) is 0 Å². The average molecular weight is 294 g/mol. The number of amides is 1. The van der Waals surface area contributed by atoms with E-state index < -0.39 is 5.60 Å². The van der Waals surface area contributed by atoms with Gasteiger partial charge in [-0.25, -0.2) is 0 Å². The first kappa shape index (κ1) is 16.0. The summed E-state index contributed by atoms with van der Waals surface area (Å²) in [5.74, 6) is 1.76. The number of aliphatic hydroxyl groups is 1. The molecule has 0 aromatic carbocycles. The molecule has 1 aliphatic heterocycles. The molecule has 2 rings (SSSR count). The van der Waals surface area contributed by atoms with Gasteiger partial charge >= 0.3 is 0 Å². The van der Waals surface area contributed by atoms with Gasteiger partial charge in [-0.3, -0.25) is 9.69 Å². The molecule has 0 saturated carbocycles. The van der Waals surface area contributed by atoms with E-state index in [1.54, 1.807) is 11.9 Å². The van der Waals surface area contributed by atoms with E-state index in [4.69, 9.17) is 4.42 Å². The second kappa shape index (κ2) is 6.62. The molecule has 1 aromatic heterocycles. The van der Waals surface area contributed by atoms with Gasteiger partial charge in [-0.05, 0) is 51.8 Å². The largest absolute Gasteiger partial charge is 0.464 e. The number of likely N-dealkylation sites (N-methyl/N-ethyl adjacent to an activating group) is 1. The van der Waals surface area contributed by atoms with Crippen LogP contribution in [0.4, 0.5) is 0 Å². The first-order valence-corrected chi connectivity index (χ1v) is 7.60. The summed E-state index contributed by atoms with van der Waals surface area (Å²) in [4.78, 5) is 16.1. The highest BCUT2D eigenvalue weighted by molar-refractivity contribution is 5.77. The number of rotatable bonds is 4. The van der Waals surface area contributed by atoms with E-state index in [1.807, 2.05) is 26.0 Å². The Kier molecular flexibility index (Phi) is 5.06. The number of carbonyl (C=O) groups excluding carboxylic acids is 1. The van der Waals surface area contributed by atoms with E-state index in [0.717, 1.165) is 43.9 Å². The molecule has 0 radical (unpaired) electrons. The summed E-state index contributed by atoms with van der Waals surface area (Å²) < 4.78 is 5.50. The molecular weight excluding hydrogens is 268 g/mol. The van der Waals surface area contributed by atoms with E-state index in [9.17, 15) is 9.90 Å². The Balaban J connectivity index is 1.83. The summed E-state index contributed by atoms with van der Waals surface area (Å²) in [7, 11) is 1.80. The molecule has 0 spiro atoms. The van der Waals surface area contributed by atoms with Crippen molar-refractivity contribution in [3.8, 4) is 0 Å². The molecule has 1 atom stereocenters. The monoisotopic (exact) mass is 294 g/mol. The smallest absolute Gasteiger partial charge is 0.236 e. The van der Waals surface area contributed by atoms with E-state index in [2.05, 4.69) is 4.90 Å². The zero-order chi connectivity index (χ0) is 15.5. The van der Waals surface area contributed by atoms with Crippen LogP contribution in [-0.4, -0.2) is 53.1 Å². The van der Waals surface area contributed by atoms with Crippen molar-refractivity contribution in [2.24, 2.45) is 0 Å². The average Bonchev–Trinajstić information content (AvgIpc) is 2.72. The first-order chi connectivity index (χ1) is 9.85. The van der Waals surface area contributed by atoms with Crippen LogP contribution in [0.15, 0.2) is 16.5 Å². The Labute approximate surface area is 126 Å². The van der Waals surface area contributed by atoms with E-state index in [1.165, 1.54) is 0 Å². The Hall–Kier alpha value is -1.33. The zero-order valence-corrected chi connectivity index (χ0v) is 13.3. The summed E-state index contributed by atoms with van der Waals surface area (Å²) in [6, 6.07) is 3.81. The SMILES string of the molecule is Cc1ccc(CN(C)C(=O)CN2CCCC(C)(O)CC2)o1. The van der Waals surface area contributed by atoms with Gasteiger partial charge in [0, 0.05) is 13.6 Å². The van der Waals surface area contributed by atoms with Crippen molar-refractivity contribution in [3.05, 3.63) is 23.7 Å². The van der Waals surface area contributed by atoms with Crippen LogP contribution in [0.25, 0.3) is 0 Å². The molecule has 0 aliphatic carbocycles. The molecule has 0 bridgehead atoms. The van der Waals surface area contributed by atoms with Crippen LogP contribution >= 0.6 is 0 Å². The molecule has 1 fully saturated rings. The van der Waals surface area contributed by atoms with Crippen molar-refractivity contribution < 1.29 is 14.3 Å². The minimum Gasteiger partial charge on any atom is -0.464 e. The predicted molar refractivity (Wildman–Crippen MR) is 80.8 cm³/mol.